The number of aromatic amines is 1. The average molecular weight is 451 g/mol. The zero-order valence-corrected chi connectivity index (χ0v) is 18.4. The van der Waals surface area contributed by atoms with Crippen molar-refractivity contribution >= 4 is 27.2 Å². The van der Waals surface area contributed by atoms with Gasteiger partial charge in [-0.3, -0.25) is 4.79 Å². The lowest BCUT2D eigenvalue weighted by Gasteiger charge is -2.07. The molecule has 0 aliphatic heterocycles. The van der Waals surface area contributed by atoms with Crippen LogP contribution in [0.25, 0.3) is 49.4 Å². The molecule has 0 aliphatic carbocycles. The van der Waals surface area contributed by atoms with Gasteiger partial charge in [-0.1, -0.05) is 66.7 Å². The average Bonchev–Trinajstić information content (AvgIpc) is 3.40. The first-order valence-electron chi connectivity index (χ1n) is 10.5. The summed E-state index contributed by atoms with van der Waals surface area (Å²) in [5, 5.41) is 16.6. The van der Waals surface area contributed by atoms with Crippen LogP contribution >= 0.6 is 11.3 Å². The van der Waals surface area contributed by atoms with Crippen molar-refractivity contribution in [2.45, 2.75) is 6.92 Å². The maximum atomic E-state index is 13.6. The summed E-state index contributed by atoms with van der Waals surface area (Å²) in [6.07, 6.45) is 0. The summed E-state index contributed by atoms with van der Waals surface area (Å²) in [5.74, 6) is -0.190. The van der Waals surface area contributed by atoms with Crippen LogP contribution in [-0.2, 0) is 0 Å². The number of hydrogen-bond donors (Lipinski definition) is 2. The van der Waals surface area contributed by atoms with Crippen LogP contribution in [0.3, 0.4) is 0 Å². The third-order valence-electron chi connectivity index (χ3n) is 5.66. The van der Waals surface area contributed by atoms with Gasteiger partial charge in [-0.25, -0.2) is 4.98 Å². The van der Waals surface area contributed by atoms with Crippen LogP contribution in [0.4, 0.5) is 0 Å². The topological polar surface area (TPSA) is 83.3 Å². The van der Waals surface area contributed by atoms with Gasteiger partial charge in [-0.15, -0.1) is 11.3 Å². The fraction of sp³-hybridized carbons (Fsp3) is 0.0385. The van der Waals surface area contributed by atoms with Crippen LogP contribution < -0.4 is 5.56 Å². The Hall–Kier alpha value is -4.23. The number of benzene rings is 3. The standard InChI is InChI=1S/C26H18N4O2S/c1-15-27-19-13-12-18(14-20(19)33-15)22-25(31)28-24-21(16-8-4-2-5-9-16)23(29-30(24)26(22)32)17-10-6-3-7-11-17/h2-14,28,31H,1H3. The van der Waals surface area contributed by atoms with Gasteiger partial charge in [0, 0.05) is 5.56 Å². The molecule has 6 rings (SSSR count). The molecule has 7 heteroatoms. The molecule has 3 aromatic carbocycles. The molecule has 2 N–H and O–H groups in total. The van der Waals surface area contributed by atoms with Crippen LogP contribution in [-0.4, -0.2) is 24.7 Å². The summed E-state index contributed by atoms with van der Waals surface area (Å²) in [7, 11) is 0. The Balaban J connectivity index is 1.66. The molecule has 0 saturated carbocycles. The number of rotatable bonds is 3. The van der Waals surface area contributed by atoms with Gasteiger partial charge in [-0.2, -0.15) is 9.61 Å². The minimum atomic E-state index is -0.388. The zero-order chi connectivity index (χ0) is 22.5. The van der Waals surface area contributed by atoms with Gasteiger partial charge >= 0.3 is 0 Å². The minimum Gasteiger partial charge on any atom is -0.494 e. The Morgan fingerprint density at radius 3 is 2.30 bits per heavy atom. The van der Waals surface area contributed by atoms with Gasteiger partial charge in [0.2, 0.25) is 5.88 Å². The number of aryl methyl sites for hydroxylation is 1. The first-order valence-corrected chi connectivity index (χ1v) is 11.3. The molecule has 0 unspecified atom stereocenters. The van der Waals surface area contributed by atoms with E-state index in [4.69, 9.17) is 5.10 Å². The van der Waals surface area contributed by atoms with Crippen molar-refractivity contribution in [1.82, 2.24) is 19.6 Å². The van der Waals surface area contributed by atoms with Crippen LogP contribution in [0, 0.1) is 6.92 Å². The molecule has 0 fully saturated rings. The van der Waals surface area contributed by atoms with Crippen molar-refractivity contribution in [3.63, 3.8) is 0 Å². The van der Waals surface area contributed by atoms with Crippen molar-refractivity contribution in [1.29, 1.82) is 0 Å². The largest absolute Gasteiger partial charge is 0.494 e. The first-order chi connectivity index (χ1) is 16.1. The lowest BCUT2D eigenvalue weighted by Crippen LogP contribution is -2.17. The highest BCUT2D eigenvalue weighted by Gasteiger charge is 2.22. The Morgan fingerprint density at radius 1 is 0.879 bits per heavy atom. The van der Waals surface area contributed by atoms with E-state index in [1.807, 2.05) is 79.7 Å². The fourth-order valence-corrected chi connectivity index (χ4v) is 5.06. The van der Waals surface area contributed by atoms with Crippen molar-refractivity contribution in [3.8, 4) is 39.4 Å². The third kappa shape index (κ3) is 3.13. The molecule has 33 heavy (non-hydrogen) atoms. The van der Waals surface area contributed by atoms with E-state index in [1.54, 1.807) is 17.4 Å². The second-order valence-corrected chi connectivity index (χ2v) is 9.02. The summed E-state index contributed by atoms with van der Waals surface area (Å²) < 4.78 is 2.31. The Bertz CT molecular complexity index is 1700. The maximum Gasteiger partial charge on any atom is 0.286 e. The number of hydrogen-bond acceptors (Lipinski definition) is 5. The number of fused-ring (bicyclic) bond motifs is 2. The monoisotopic (exact) mass is 450 g/mol. The normalized spacial score (nSPS) is 11.4. The van der Waals surface area contributed by atoms with Gasteiger partial charge in [0.1, 0.15) is 16.9 Å². The minimum absolute atomic E-state index is 0.178. The molecule has 0 atom stereocenters. The Morgan fingerprint density at radius 2 is 1.58 bits per heavy atom. The maximum absolute atomic E-state index is 13.6. The van der Waals surface area contributed by atoms with E-state index >= 15 is 0 Å². The Kier molecular flexibility index (Phi) is 4.38. The third-order valence-corrected chi connectivity index (χ3v) is 6.59. The van der Waals surface area contributed by atoms with E-state index in [-0.39, 0.29) is 17.0 Å². The number of nitrogens with one attached hydrogen (secondary N) is 1. The summed E-state index contributed by atoms with van der Waals surface area (Å²) in [6.45, 7) is 1.95. The van der Waals surface area contributed by atoms with Crippen LogP contribution in [0.15, 0.2) is 83.7 Å². The second-order valence-electron chi connectivity index (χ2n) is 7.79. The molecule has 160 valence electrons. The van der Waals surface area contributed by atoms with Gasteiger partial charge in [0.15, 0.2) is 0 Å². The molecular formula is C26H18N4O2S. The van der Waals surface area contributed by atoms with E-state index in [1.165, 1.54) is 4.52 Å². The highest BCUT2D eigenvalue weighted by Crippen LogP contribution is 2.36. The number of nitrogens with zero attached hydrogens (tertiary/aromatic N) is 3. The van der Waals surface area contributed by atoms with Crippen molar-refractivity contribution in [3.05, 3.63) is 94.2 Å². The highest BCUT2D eigenvalue weighted by molar-refractivity contribution is 7.18. The van der Waals surface area contributed by atoms with Crippen LogP contribution in [0.5, 0.6) is 5.88 Å². The lowest BCUT2D eigenvalue weighted by molar-refractivity contribution is 0.455. The quantitative estimate of drug-likeness (QED) is 0.365. The lowest BCUT2D eigenvalue weighted by atomic mass is 10.0. The molecular weight excluding hydrogens is 432 g/mol. The van der Waals surface area contributed by atoms with Crippen molar-refractivity contribution < 1.29 is 5.11 Å². The molecule has 6 nitrogen and oxygen atoms in total. The number of aromatic hydroxyl groups is 1. The molecule has 3 heterocycles. The fourth-order valence-electron chi connectivity index (χ4n) is 4.19. The highest BCUT2D eigenvalue weighted by atomic mass is 32.1. The molecule has 0 spiro atoms. The smallest absolute Gasteiger partial charge is 0.286 e. The molecule has 0 saturated heterocycles. The second kappa shape index (κ2) is 7.43. The number of thiazole rings is 1. The molecule has 6 aromatic rings. The van der Waals surface area contributed by atoms with Crippen LogP contribution in [0.1, 0.15) is 5.01 Å². The molecule has 0 aliphatic rings. The SMILES string of the molecule is Cc1nc2ccc(-c3c(O)[nH]c4c(-c5ccccc5)c(-c5ccccc5)nn4c3=O)cc2s1. The number of aromatic nitrogens is 4. The molecule has 0 amide bonds. The molecule has 0 radical (unpaired) electrons. The first kappa shape index (κ1) is 19.5. The molecule has 3 aromatic heterocycles. The van der Waals surface area contributed by atoms with E-state index in [9.17, 15) is 9.90 Å². The number of H-pyrrole nitrogens is 1. The van der Waals surface area contributed by atoms with Gasteiger partial charge in [-0.05, 0) is 30.2 Å². The van der Waals surface area contributed by atoms with E-state index in [2.05, 4.69) is 9.97 Å². The van der Waals surface area contributed by atoms with Gasteiger partial charge < -0.3 is 10.1 Å². The zero-order valence-electron chi connectivity index (χ0n) is 17.6. The Labute approximate surface area is 192 Å². The van der Waals surface area contributed by atoms with E-state index < -0.39 is 0 Å². The van der Waals surface area contributed by atoms with E-state index in [0.29, 0.717) is 16.9 Å². The summed E-state index contributed by atoms with van der Waals surface area (Å²) in [4.78, 5) is 21.2. The predicted molar refractivity (Wildman–Crippen MR) is 132 cm³/mol. The predicted octanol–water partition coefficient (Wildman–Crippen LogP) is 5.65. The van der Waals surface area contributed by atoms with Crippen LogP contribution in [0.2, 0.25) is 0 Å². The molecule has 0 bridgehead atoms. The summed E-state index contributed by atoms with van der Waals surface area (Å²) in [5.41, 5.74) is 4.93. The van der Waals surface area contributed by atoms with Gasteiger partial charge in [0.25, 0.3) is 5.56 Å². The van der Waals surface area contributed by atoms with Crippen molar-refractivity contribution in [2.24, 2.45) is 0 Å². The summed E-state index contributed by atoms with van der Waals surface area (Å²) in [6, 6.07) is 25.0. The van der Waals surface area contributed by atoms with Crippen molar-refractivity contribution in [2.75, 3.05) is 0 Å². The van der Waals surface area contributed by atoms with E-state index in [0.717, 1.165) is 31.9 Å². The summed E-state index contributed by atoms with van der Waals surface area (Å²) >= 11 is 1.55. The van der Waals surface area contributed by atoms with Gasteiger partial charge in [0.05, 0.1) is 20.8 Å².